The van der Waals surface area contributed by atoms with Gasteiger partial charge in [-0.3, -0.25) is 0 Å². The Bertz CT molecular complexity index is 4330. The van der Waals surface area contributed by atoms with Crippen molar-refractivity contribution in [3.05, 3.63) is 164 Å². The van der Waals surface area contributed by atoms with E-state index >= 15 is 0 Å². The standard InChI is InChI=1S/C54H27BN2O2/c1-4-14-31-28(11-1)21-40-53-49(31)38-24-36-34-17-7-9-19-45(34)58-47(36)26-42(38)56(53)44-23-30-13-3-6-16-33(30)52-51(44)55(40)41-22-29-12-2-5-15-32(29)50-39-25-37-35-18-8-10-20-46(35)59-48(37)27-43(39)57(52)54(41)50/h1-27H. The highest BCUT2D eigenvalue weighted by molar-refractivity contribution is 7.01. The average Bonchev–Trinajstić information content (AvgIpc) is 4.02. The molecule has 59 heavy (non-hydrogen) atoms. The second-order valence-corrected chi connectivity index (χ2v) is 16.7. The molecule has 16 rings (SSSR count). The number of benzene rings is 10. The number of furan rings is 2. The van der Waals surface area contributed by atoms with E-state index in [0.29, 0.717) is 0 Å². The lowest BCUT2D eigenvalue weighted by Crippen LogP contribution is -2.59. The fraction of sp³-hybridized carbons (Fsp3) is 0. The van der Waals surface area contributed by atoms with E-state index in [1.54, 1.807) is 0 Å². The van der Waals surface area contributed by atoms with Gasteiger partial charge in [-0.05, 0) is 73.7 Å². The summed E-state index contributed by atoms with van der Waals surface area (Å²) in [5.74, 6) is 0. The molecule has 0 fully saturated rings. The van der Waals surface area contributed by atoms with Gasteiger partial charge in [0.25, 0.3) is 6.71 Å². The number of hydrogen-bond acceptors (Lipinski definition) is 2. The molecule has 4 nitrogen and oxygen atoms in total. The summed E-state index contributed by atoms with van der Waals surface area (Å²) < 4.78 is 18.4. The Labute approximate surface area is 334 Å². The third-order valence-corrected chi connectivity index (χ3v) is 14.0. The quantitative estimate of drug-likeness (QED) is 0.145. The molecule has 0 saturated heterocycles. The van der Waals surface area contributed by atoms with Crippen LogP contribution < -0.4 is 16.4 Å². The van der Waals surface area contributed by atoms with Crippen molar-refractivity contribution in [2.75, 3.05) is 0 Å². The van der Waals surface area contributed by atoms with Gasteiger partial charge in [-0.1, -0.05) is 121 Å². The van der Waals surface area contributed by atoms with Crippen LogP contribution in [0.2, 0.25) is 0 Å². The fourth-order valence-corrected chi connectivity index (χ4v) is 11.7. The van der Waals surface area contributed by atoms with E-state index in [-0.39, 0.29) is 6.71 Å². The summed E-state index contributed by atoms with van der Waals surface area (Å²) in [5, 5.41) is 17.2. The van der Waals surface area contributed by atoms with Gasteiger partial charge in [0, 0.05) is 66.3 Å². The van der Waals surface area contributed by atoms with E-state index in [1.807, 2.05) is 0 Å². The lowest BCUT2D eigenvalue weighted by molar-refractivity contribution is 0.669. The summed E-state index contributed by atoms with van der Waals surface area (Å²) in [5.41, 5.74) is 15.0. The van der Waals surface area contributed by atoms with E-state index < -0.39 is 0 Å². The minimum atomic E-state index is -0.00918. The molecule has 0 saturated carbocycles. The largest absolute Gasteiger partial charge is 0.456 e. The molecule has 0 N–H and O–H groups in total. The van der Waals surface area contributed by atoms with Gasteiger partial charge in [-0.25, -0.2) is 0 Å². The molecule has 0 bridgehead atoms. The number of nitrogens with zero attached hydrogens (tertiary/aromatic N) is 2. The van der Waals surface area contributed by atoms with E-state index in [0.717, 1.165) is 54.9 Å². The normalized spacial score (nSPS) is 13.4. The molecule has 0 amide bonds. The van der Waals surface area contributed by atoms with E-state index in [2.05, 4.69) is 173 Å². The first-order valence-corrected chi connectivity index (χ1v) is 20.5. The molecule has 4 aromatic heterocycles. The maximum absolute atomic E-state index is 6.64. The first-order chi connectivity index (χ1) is 29.3. The molecule has 10 aromatic carbocycles. The molecule has 2 aliphatic heterocycles. The van der Waals surface area contributed by atoms with Crippen molar-refractivity contribution >= 4 is 143 Å². The molecule has 0 aliphatic carbocycles. The predicted molar refractivity (Wildman–Crippen MR) is 247 cm³/mol. The zero-order chi connectivity index (χ0) is 37.8. The summed E-state index contributed by atoms with van der Waals surface area (Å²) in [4.78, 5) is 0. The molecule has 0 atom stereocenters. The van der Waals surface area contributed by atoms with E-state index in [9.17, 15) is 0 Å². The van der Waals surface area contributed by atoms with Crippen LogP contribution in [0.25, 0.3) is 131 Å². The van der Waals surface area contributed by atoms with Crippen molar-refractivity contribution < 1.29 is 8.83 Å². The van der Waals surface area contributed by atoms with Crippen LogP contribution in [0, 0.1) is 0 Å². The molecule has 6 heterocycles. The highest BCUT2D eigenvalue weighted by Crippen LogP contribution is 2.47. The number of fused-ring (bicyclic) bond motifs is 22. The predicted octanol–water partition coefficient (Wildman–Crippen LogP) is 12.3. The van der Waals surface area contributed by atoms with Gasteiger partial charge in [0.1, 0.15) is 22.3 Å². The van der Waals surface area contributed by atoms with Crippen LogP contribution in [0.5, 0.6) is 0 Å². The summed E-state index contributed by atoms with van der Waals surface area (Å²) in [6.45, 7) is -0.00918. The van der Waals surface area contributed by atoms with E-state index in [1.165, 1.54) is 92.7 Å². The Morgan fingerprint density at radius 1 is 0.356 bits per heavy atom. The van der Waals surface area contributed by atoms with E-state index in [4.69, 9.17) is 8.83 Å². The number of hydrogen-bond donors (Lipinski definition) is 0. The van der Waals surface area contributed by atoms with Gasteiger partial charge in [0.2, 0.25) is 0 Å². The molecular formula is C54H27BN2O2. The van der Waals surface area contributed by atoms with Gasteiger partial charge >= 0.3 is 0 Å². The lowest BCUT2D eigenvalue weighted by Gasteiger charge is -2.35. The van der Waals surface area contributed by atoms with Gasteiger partial charge in [-0.2, -0.15) is 0 Å². The van der Waals surface area contributed by atoms with Gasteiger partial charge in [0.15, 0.2) is 0 Å². The Morgan fingerprint density at radius 3 is 1.39 bits per heavy atom. The zero-order valence-electron chi connectivity index (χ0n) is 31.4. The van der Waals surface area contributed by atoms with Gasteiger partial charge in [-0.15, -0.1) is 0 Å². The van der Waals surface area contributed by atoms with Crippen LogP contribution in [0.3, 0.4) is 0 Å². The lowest BCUT2D eigenvalue weighted by atomic mass is 9.34. The van der Waals surface area contributed by atoms with Crippen LogP contribution in [0.15, 0.2) is 173 Å². The second-order valence-electron chi connectivity index (χ2n) is 16.7. The van der Waals surface area contributed by atoms with Crippen molar-refractivity contribution in [2.45, 2.75) is 0 Å². The molecule has 268 valence electrons. The number of para-hydroxylation sites is 2. The van der Waals surface area contributed by atoms with Crippen molar-refractivity contribution in [3.63, 3.8) is 0 Å². The fourth-order valence-electron chi connectivity index (χ4n) is 11.7. The van der Waals surface area contributed by atoms with Crippen LogP contribution in [0.1, 0.15) is 0 Å². The summed E-state index contributed by atoms with van der Waals surface area (Å²) in [6.07, 6.45) is 0. The third kappa shape index (κ3) is 3.34. The topological polar surface area (TPSA) is 36.1 Å². The Hall–Kier alpha value is -7.76. The number of aromatic nitrogens is 2. The summed E-state index contributed by atoms with van der Waals surface area (Å²) in [7, 11) is 0. The summed E-state index contributed by atoms with van der Waals surface area (Å²) >= 11 is 0. The molecule has 14 aromatic rings. The second kappa shape index (κ2) is 9.85. The maximum atomic E-state index is 6.64. The molecule has 5 heteroatoms. The smallest absolute Gasteiger partial charge is 0.252 e. The van der Waals surface area contributed by atoms with Crippen LogP contribution >= 0.6 is 0 Å². The average molecular weight is 747 g/mol. The Balaban J connectivity index is 1.18. The SMILES string of the molecule is c1ccc2c3c4c(cc2c1)-n1c2cc5oc6ccccc6c5cc2c2c5ccccc5cc(c21)B4c1cc2ccccc2c2c4cc5c(cc4n-3c12)oc1ccccc15. The van der Waals surface area contributed by atoms with Crippen LogP contribution in [-0.2, 0) is 0 Å². The van der Waals surface area contributed by atoms with Crippen molar-refractivity contribution in [1.82, 2.24) is 9.13 Å². The molecule has 0 unspecified atom stereocenters. The third-order valence-electron chi connectivity index (χ3n) is 14.0. The van der Waals surface area contributed by atoms with Gasteiger partial charge < -0.3 is 18.0 Å². The Morgan fingerprint density at radius 2 is 0.814 bits per heavy atom. The van der Waals surface area contributed by atoms with Gasteiger partial charge in [0.05, 0.1) is 27.8 Å². The zero-order valence-corrected chi connectivity index (χ0v) is 31.4. The molecular weight excluding hydrogens is 719 g/mol. The summed E-state index contributed by atoms with van der Waals surface area (Å²) in [6, 6.07) is 60.7. The Kier molecular flexibility index (Phi) is 4.92. The van der Waals surface area contributed by atoms with Crippen LogP contribution in [0.4, 0.5) is 0 Å². The maximum Gasteiger partial charge on any atom is 0.252 e. The highest BCUT2D eigenvalue weighted by atomic mass is 16.3. The first kappa shape index (κ1) is 29.5. The monoisotopic (exact) mass is 746 g/mol. The molecule has 0 spiro atoms. The highest BCUT2D eigenvalue weighted by Gasteiger charge is 2.42. The number of rotatable bonds is 0. The minimum Gasteiger partial charge on any atom is -0.456 e. The van der Waals surface area contributed by atoms with Crippen molar-refractivity contribution in [1.29, 1.82) is 0 Å². The minimum absolute atomic E-state index is 0.00918. The molecule has 0 radical (unpaired) electrons. The van der Waals surface area contributed by atoms with Crippen molar-refractivity contribution in [2.24, 2.45) is 0 Å². The first-order valence-electron chi connectivity index (χ1n) is 20.5. The molecule has 2 aliphatic rings. The van der Waals surface area contributed by atoms with Crippen LogP contribution in [-0.4, -0.2) is 15.8 Å². The van der Waals surface area contributed by atoms with Crippen molar-refractivity contribution in [3.8, 4) is 11.4 Å².